The first-order chi connectivity index (χ1) is 14.3. The summed E-state index contributed by atoms with van der Waals surface area (Å²) in [5.74, 6) is 0.520. The van der Waals surface area contributed by atoms with Crippen molar-refractivity contribution in [1.29, 1.82) is 0 Å². The van der Waals surface area contributed by atoms with Gasteiger partial charge in [-0.2, -0.15) is 0 Å². The highest BCUT2D eigenvalue weighted by atomic mass is 127. The van der Waals surface area contributed by atoms with Crippen LogP contribution in [0, 0.1) is 3.57 Å². The third-order valence-corrected chi connectivity index (χ3v) is 5.13. The lowest BCUT2D eigenvalue weighted by Crippen LogP contribution is -2.06. The summed E-state index contributed by atoms with van der Waals surface area (Å²) in [6, 6.07) is 11.3. The molecule has 1 aliphatic rings. The molecule has 0 amide bonds. The topological polar surface area (TPSA) is 74.2 Å². The van der Waals surface area contributed by atoms with Gasteiger partial charge in [-0.1, -0.05) is 26.0 Å². The van der Waals surface area contributed by atoms with Gasteiger partial charge < -0.3 is 14.2 Å². The van der Waals surface area contributed by atoms with Gasteiger partial charge in [0.2, 0.25) is 5.90 Å². The van der Waals surface area contributed by atoms with E-state index in [0.717, 1.165) is 5.56 Å². The Bertz CT molecular complexity index is 1040. The van der Waals surface area contributed by atoms with E-state index >= 15 is 0 Å². The Morgan fingerprint density at radius 1 is 1.23 bits per heavy atom. The summed E-state index contributed by atoms with van der Waals surface area (Å²) >= 11 is 2.06. The van der Waals surface area contributed by atoms with Crippen LogP contribution in [0.5, 0.6) is 11.5 Å². The number of ether oxygens (including phenoxy) is 3. The Kier molecular flexibility index (Phi) is 6.91. The third kappa shape index (κ3) is 5.08. The molecule has 1 heterocycles. The summed E-state index contributed by atoms with van der Waals surface area (Å²) in [5.41, 5.74) is 2.82. The van der Waals surface area contributed by atoms with E-state index in [-0.39, 0.29) is 11.6 Å². The van der Waals surface area contributed by atoms with Crippen LogP contribution in [-0.2, 0) is 14.3 Å². The number of rotatable bonds is 6. The molecule has 156 valence electrons. The van der Waals surface area contributed by atoms with Gasteiger partial charge in [0, 0.05) is 12.5 Å². The number of carbonyl (C=O) groups excluding carboxylic acids is 2. The van der Waals surface area contributed by atoms with Crippen LogP contribution in [0.2, 0.25) is 0 Å². The number of carbonyl (C=O) groups is 2. The number of benzene rings is 2. The van der Waals surface area contributed by atoms with E-state index in [1.54, 1.807) is 18.2 Å². The number of cyclic esters (lactones) is 1. The molecule has 0 saturated heterocycles. The summed E-state index contributed by atoms with van der Waals surface area (Å²) in [6.07, 6.45) is 1.63. The predicted octanol–water partition coefficient (Wildman–Crippen LogP) is 5.08. The maximum atomic E-state index is 12.3. The van der Waals surface area contributed by atoms with Gasteiger partial charge in [0.1, 0.15) is 0 Å². The Morgan fingerprint density at radius 3 is 2.53 bits per heavy atom. The van der Waals surface area contributed by atoms with Gasteiger partial charge in [-0.05, 0) is 76.9 Å². The lowest BCUT2D eigenvalue weighted by atomic mass is 10.0. The molecule has 2 aromatic carbocycles. The fourth-order valence-electron chi connectivity index (χ4n) is 2.88. The van der Waals surface area contributed by atoms with Crippen LogP contribution in [0.25, 0.3) is 6.08 Å². The van der Waals surface area contributed by atoms with Crippen LogP contribution >= 0.6 is 22.6 Å². The molecule has 7 heteroatoms. The molecule has 3 rings (SSSR count). The summed E-state index contributed by atoms with van der Waals surface area (Å²) < 4.78 is 16.9. The average Bonchev–Trinajstić information content (AvgIpc) is 3.05. The molecular formula is C23H22INO5. The van der Waals surface area contributed by atoms with Crippen LogP contribution in [0.3, 0.4) is 0 Å². The number of esters is 2. The molecular weight excluding hydrogens is 497 g/mol. The second-order valence-electron chi connectivity index (χ2n) is 6.97. The van der Waals surface area contributed by atoms with Gasteiger partial charge >= 0.3 is 11.9 Å². The molecule has 6 nitrogen and oxygen atoms in total. The predicted molar refractivity (Wildman–Crippen MR) is 123 cm³/mol. The van der Waals surface area contributed by atoms with Crippen LogP contribution < -0.4 is 9.47 Å². The molecule has 2 aromatic rings. The third-order valence-electron chi connectivity index (χ3n) is 4.33. The molecule has 30 heavy (non-hydrogen) atoms. The normalized spacial score (nSPS) is 14.7. The van der Waals surface area contributed by atoms with Crippen LogP contribution in [0.15, 0.2) is 47.1 Å². The van der Waals surface area contributed by atoms with Crippen LogP contribution in [-0.4, -0.2) is 24.4 Å². The Labute approximate surface area is 189 Å². The van der Waals surface area contributed by atoms with E-state index in [1.165, 1.54) is 12.5 Å². The summed E-state index contributed by atoms with van der Waals surface area (Å²) in [6.45, 7) is 7.81. The zero-order valence-electron chi connectivity index (χ0n) is 17.2. The maximum Gasteiger partial charge on any atom is 0.363 e. The van der Waals surface area contributed by atoms with Gasteiger partial charge in [0.05, 0.1) is 10.2 Å². The van der Waals surface area contributed by atoms with Crippen molar-refractivity contribution in [3.05, 3.63) is 62.4 Å². The fraction of sp³-hybridized carbons (Fsp3) is 0.261. The van der Waals surface area contributed by atoms with Crippen molar-refractivity contribution in [2.75, 3.05) is 6.61 Å². The van der Waals surface area contributed by atoms with Gasteiger partial charge in [-0.3, -0.25) is 4.79 Å². The van der Waals surface area contributed by atoms with Gasteiger partial charge in [0.25, 0.3) is 0 Å². The van der Waals surface area contributed by atoms with Crippen molar-refractivity contribution in [2.45, 2.75) is 33.6 Å². The zero-order valence-corrected chi connectivity index (χ0v) is 19.3. The van der Waals surface area contributed by atoms with E-state index in [2.05, 4.69) is 41.4 Å². The van der Waals surface area contributed by atoms with Crippen LogP contribution in [0.4, 0.5) is 0 Å². The molecule has 0 aliphatic carbocycles. The second kappa shape index (κ2) is 9.42. The van der Waals surface area contributed by atoms with Gasteiger partial charge in [-0.25, -0.2) is 9.79 Å². The number of hydrogen-bond acceptors (Lipinski definition) is 6. The number of nitrogens with zero attached hydrogens (tertiary/aromatic N) is 1. The van der Waals surface area contributed by atoms with Gasteiger partial charge in [0.15, 0.2) is 17.2 Å². The van der Waals surface area contributed by atoms with Crippen molar-refractivity contribution < 1.29 is 23.8 Å². The van der Waals surface area contributed by atoms with Gasteiger partial charge in [-0.15, -0.1) is 0 Å². The number of halogens is 1. The summed E-state index contributed by atoms with van der Waals surface area (Å²) in [5, 5.41) is 0. The van der Waals surface area contributed by atoms with E-state index in [0.29, 0.717) is 33.2 Å². The van der Waals surface area contributed by atoms with E-state index in [9.17, 15) is 9.59 Å². The molecule has 0 radical (unpaired) electrons. The first kappa shape index (κ1) is 22.0. The number of hydrogen-bond donors (Lipinski definition) is 0. The first-order valence-electron chi connectivity index (χ1n) is 9.56. The van der Waals surface area contributed by atoms with E-state index in [1.807, 2.05) is 31.2 Å². The van der Waals surface area contributed by atoms with Crippen molar-refractivity contribution in [3.8, 4) is 11.5 Å². The smallest absolute Gasteiger partial charge is 0.363 e. The Morgan fingerprint density at radius 2 is 1.93 bits per heavy atom. The minimum Gasteiger partial charge on any atom is -0.490 e. The quantitative estimate of drug-likeness (QED) is 0.230. The average molecular weight is 519 g/mol. The molecule has 0 atom stereocenters. The van der Waals surface area contributed by atoms with Crippen LogP contribution in [0.1, 0.15) is 50.3 Å². The second-order valence-corrected chi connectivity index (χ2v) is 8.13. The lowest BCUT2D eigenvalue weighted by molar-refractivity contribution is -0.132. The first-order valence-corrected chi connectivity index (χ1v) is 10.6. The van der Waals surface area contributed by atoms with E-state index in [4.69, 9.17) is 14.2 Å². The fourth-order valence-corrected chi connectivity index (χ4v) is 3.61. The maximum absolute atomic E-state index is 12.3. The molecule has 1 aliphatic heterocycles. The Balaban J connectivity index is 1.93. The molecule has 0 N–H and O–H groups in total. The molecule has 0 spiro atoms. The molecule has 0 saturated carbocycles. The summed E-state index contributed by atoms with van der Waals surface area (Å²) in [7, 11) is 0. The monoisotopic (exact) mass is 519 g/mol. The van der Waals surface area contributed by atoms with E-state index < -0.39 is 11.9 Å². The van der Waals surface area contributed by atoms with Crippen molar-refractivity contribution in [2.24, 2.45) is 4.99 Å². The van der Waals surface area contributed by atoms with Crippen molar-refractivity contribution in [1.82, 2.24) is 0 Å². The summed E-state index contributed by atoms with van der Waals surface area (Å²) in [4.78, 5) is 28.1. The Hall–Kier alpha value is -2.68. The highest BCUT2D eigenvalue weighted by Crippen LogP contribution is 2.35. The van der Waals surface area contributed by atoms with Crippen molar-refractivity contribution in [3.63, 3.8) is 0 Å². The molecule has 0 bridgehead atoms. The lowest BCUT2D eigenvalue weighted by Gasteiger charge is -2.12. The minimum atomic E-state index is -0.519. The zero-order chi connectivity index (χ0) is 21.8. The highest BCUT2D eigenvalue weighted by molar-refractivity contribution is 14.1. The van der Waals surface area contributed by atoms with Crippen molar-refractivity contribution >= 4 is 46.5 Å². The molecule has 0 unspecified atom stereocenters. The largest absolute Gasteiger partial charge is 0.490 e. The number of aliphatic imine (C=N–C) groups is 1. The SMILES string of the molecule is CCOc1cc(/C=C2\N=C(c3ccc(C(C)C)cc3)OC2=O)cc(I)c1OC(C)=O. The molecule has 0 aromatic heterocycles. The molecule has 0 fully saturated rings. The minimum absolute atomic E-state index is 0.191. The standard InChI is InChI=1S/C23H22INO5/c1-5-28-20-12-15(10-18(24)21(20)29-14(4)26)11-19-23(27)30-22(25-19)17-8-6-16(7-9-17)13(2)3/h6-13H,5H2,1-4H3/b19-11-. The highest BCUT2D eigenvalue weighted by Gasteiger charge is 2.24.